The van der Waals surface area contributed by atoms with Crippen molar-refractivity contribution in [2.45, 2.75) is 35.5 Å². The second-order valence-electron chi connectivity index (χ2n) is 10.0. The number of azo groups is 1. The van der Waals surface area contributed by atoms with E-state index < -0.39 is 51.5 Å². The van der Waals surface area contributed by atoms with Crippen LogP contribution in [0.15, 0.2) is 79.5 Å². The number of sulfonamides is 1. The number of nitrogens with zero attached hydrogens (tertiary/aromatic N) is 3. The van der Waals surface area contributed by atoms with Gasteiger partial charge in [-0.2, -0.15) is 21.1 Å². The molecule has 0 aromatic heterocycles. The third-order valence-corrected chi connectivity index (χ3v) is 10.8. The molecule has 16 nitrogen and oxygen atoms in total. The van der Waals surface area contributed by atoms with Crippen molar-refractivity contribution in [1.29, 1.82) is 0 Å². The molecule has 47 heavy (non-hydrogen) atoms. The number of aromatic hydroxyl groups is 1. The molecule has 19 heteroatoms. The van der Waals surface area contributed by atoms with Crippen LogP contribution in [0.4, 0.5) is 28.4 Å². The average molecular weight is 709 g/mol. The van der Waals surface area contributed by atoms with Gasteiger partial charge in [0.15, 0.2) is 5.75 Å². The highest BCUT2D eigenvalue weighted by Gasteiger charge is 2.25. The molecule has 4 rings (SSSR count). The van der Waals surface area contributed by atoms with E-state index in [1.54, 1.807) is 39.0 Å². The molecule has 4 aromatic carbocycles. The lowest BCUT2D eigenvalue weighted by molar-refractivity contribution is 0.416. The maximum absolute atomic E-state index is 12.7. The van der Waals surface area contributed by atoms with Gasteiger partial charge in [-0.1, -0.05) is 13.8 Å². The number of nitrogens with two attached hydrogens (primary N) is 1. The number of phenolic OH excluding ortho intramolecular Hbond substituents is 1. The predicted octanol–water partition coefficient (Wildman–Crippen LogP) is 4.82. The van der Waals surface area contributed by atoms with Gasteiger partial charge in [-0.15, -0.1) is 10.2 Å². The summed E-state index contributed by atoms with van der Waals surface area (Å²) in [6, 6.07) is 11.8. The third kappa shape index (κ3) is 7.39. The van der Waals surface area contributed by atoms with Gasteiger partial charge in [0.25, 0.3) is 20.2 Å². The smallest absolute Gasteiger partial charge is 0.296 e. The number of benzene rings is 4. The second-order valence-corrected chi connectivity index (χ2v) is 14.8. The molecular formula is C28H32N6O10S3. The molecule has 0 aliphatic heterocycles. The van der Waals surface area contributed by atoms with Crippen molar-refractivity contribution >= 4 is 69.5 Å². The normalized spacial score (nSPS) is 12.6. The summed E-state index contributed by atoms with van der Waals surface area (Å²) in [6.07, 6.45) is 0. The number of ether oxygens (including phenoxy) is 1. The zero-order valence-corrected chi connectivity index (χ0v) is 27.9. The Morgan fingerprint density at radius 2 is 1.49 bits per heavy atom. The summed E-state index contributed by atoms with van der Waals surface area (Å²) in [5, 5.41) is 18.4. The lowest BCUT2D eigenvalue weighted by Gasteiger charge is -2.19. The number of rotatable bonds is 12. The van der Waals surface area contributed by atoms with Crippen LogP contribution in [-0.4, -0.2) is 64.0 Å². The van der Waals surface area contributed by atoms with Gasteiger partial charge < -0.3 is 26.4 Å². The van der Waals surface area contributed by atoms with E-state index >= 15 is 0 Å². The van der Waals surface area contributed by atoms with Crippen molar-refractivity contribution in [3.05, 3.63) is 60.2 Å². The van der Waals surface area contributed by atoms with Gasteiger partial charge in [0, 0.05) is 30.2 Å². The first-order chi connectivity index (χ1) is 21.9. The predicted molar refractivity (Wildman–Crippen MR) is 175 cm³/mol. The Morgan fingerprint density at radius 1 is 0.851 bits per heavy atom. The molecule has 0 saturated heterocycles. The fourth-order valence-electron chi connectivity index (χ4n) is 4.65. The van der Waals surface area contributed by atoms with Crippen LogP contribution in [0.2, 0.25) is 0 Å². The van der Waals surface area contributed by atoms with E-state index in [1.807, 2.05) is 0 Å². The summed E-state index contributed by atoms with van der Waals surface area (Å²) in [5.74, 6) is -0.664. The Morgan fingerprint density at radius 3 is 2.04 bits per heavy atom. The van der Waals surface area contributed by atoms with Crippen LogP contribution in [0.5, 0.6) is 11.5 Å². The van der Waals surface area contributed by atoms with Gasteiger partial charge in [0.05, 0.1) is 28.3 Å². The molecule has 0 heterocycles. The molecular weight excluding hydrogens is 677 g/mol. The Hall–Kier alpha value is -4.53. The minimum atomic E-state index is -5.05. The number of nitrogens with one attached hydrogen (secondary N) is 2. The zero-order chi connectivity index (χ0) is 34.9. The van der Waals surface area contributed by atoms with Crippen LogP contribution in [-0.2, 0) is 30.3 Å². The molecule has 0 atom stereocenters. The summed E-state index contributed by atoms with van der Waals surface area (Å²) >= 11 is 0. The molecule has 7 N–H and O–H groups in total. The van der Waals surface area contributed by atoms with Crippen LogP contribution < -0.4 is 21.3 Å². The summed E-state index contributed by atoms with van der Waals surface area (Å²) in [6.45, 7) is 5.93. The number of nitrogen functional groups attached to an aromatic ring is 1. The SMILES string of the molecule is CCN(CC)S(=O)(=O)c1ccc(NNc2cc(OC)c(N=Nc3c(S(=O)(=O)O)cc4cc(S(=O)(=O)O)cc(N)c4c3O)cc2C)cc1. The summed E-state index contributed by atoms with van der Waals surface area (Å²) < 4.78 is 99.3. The van der Waals surface area contributed by atoms with Gasteiger partial charge in [-0.25, -0.2) is 8.42 Å². The first-order valence-electron chi connectivity index (χ1n) is 13.7. The lowest BCUT2D eigenvalue weighted by atomic mass is 10.1. The first kappa shape index (κ1) is 35.3. The lowest BCUT2D eigenvalue weighted by Crippen LogP contribution is -2.30. The maximum Gasteiger partial charge on any atom is 0.296 e. The molecule has 0 unspecified atom stereocenters. The minimum Gasteiger partial charge on any atom is -0.505 e. The Kier molecular flexibility index (Phi) is 9.99. The number of phenols is 1. The molecule has 0 aliphatic rings. The third-order valence-electron chi connectivity index (χ3n) is 7.05. The van der Waals surface area contributed by atoms with Crippen molar-refractivity contribution in [2.24, 2.45) is 10.2 Å². The Labute approximate surface area is 271 Å². The Bertz CT molecular complexity index is 2200. The number of methoxy groups -OCH3 is 1. The van der Waals surface area contributed by atoms with Crippen molar-refractivity contribution < 1.29 is 44.2 Å². The van der Waals surface area contributed by atoms with E-state index in [9.17, 15) is 39.5 Å². The minimum absolute atomic E-state index is 0.0944. The van der Waals surface area contributed by atoms with Crippen molar-refractivity contribution in [3.63, 3.8) is 0 Å². The molecule has 0 fully saturated rings. The Balaban J connectivity index is 1.67. The highest BCUT2D eigenvalue weighted by atomic mass is 32.2. The molecule has 0 spiro atoms. The van der Waals surface area contributed by atoms with Gasteiger partial charge >= 0.3 is 0 Å². The summed E-state index contributed by atoms with van der Waals surface area (Å²) in [7, 11) is -12.1. The maximum atomic E-state index is 12.7. The number of anilines is 3. The first-order valence-corrected chi connectivity index (χ1v) is 18.0. The second kappa shape index (κ2) is 13.3. The van der Waals surface area contributed by atoms with Crippen molar-refractivity contribution in [3.8, 4) is 11.5 Å². The van der Waals surface area contributed by atoms with E-state index in [4.69, 9.17) is 10.5 Å². The standard InChI is InChI=1S/C28H32N6O10S3/c1-5-34(6-2)45(36,37)19-9-7-18(8-10-19)30-31-22-15-24(44-4)23(11-16(22)3)32-33-27-25(47(41,42)43)13-17-12-20(46(38,39)40)14-21(29)26(17)28(27)35/h7-15,30-31,35H,5-6,29H2,1-4H3,(H,38,39,40)(H,41,42,43). The highest BCUT2D eigenvalue weighted by Crippen LogP contribution is 2.45. The number of hydrogen-bond acceptors (Lipinski definition) is 13. The van der Waals surface area contributed by atoms with Crippen LogP contribution in [0, 0.1) is 6.92 Å². The van der Waals surface area contributed by atoms with Crippen LogP contribution in [0.1, 0.15) is 19.4 Å². The van der Waals surface area contributed by atoms with Gasteiger partial charge in [0.2, 0.25) is 10.0 Å². The molecule has 0 bridgehead atoms. The van der Waals surface area contributed by atoms with E-state index in [2.05, 4.69) is 21.1 Å². The number of fused-ring (bicyclic) bond motifs is 1. The molecule has 4 aromatic rings. The summed E-state index contributed by atoms with van der Waals surface area (Å²) in [5.41, 5.74) is 12.6. The highest BCUT2D eigenvalue weighted by molar-refractivity contribution is 7.89. The largest absolute Gasteiger partial charge is 0.505 e. The topological polar surface area (TPSA) is 250 Å². The van der Waals surface area contributed by atoms with Crippen molar-refractivity contribution in [2.75, 3.05) is 36.8 Å². The van der Waals surface area contributed by atoms with E-state index in [0.717, 1.165) is 18.2 Å². The van der Waals surface area contributed by atoms with Gasteiger partial charge in [0.1, 0.15) is 22.0 Å². The van der Waals surface area contributed by atoms with Crippen molar-refractivity contribution in [1.82, 2.24) is 4.31 Å². The average Bonchev–Trinajstić information content (AvgIpc) is 2.99. The molecule has 0 aliphatic carbocycles. The van der Waals surface area contributed by atoms with Crippen LogP contribution in [0.25, 0.3) is 10.8 Å². The fraction of sp³-hybridized carbons (Fsp3) is 0.214. The number of hydrogen-bond donors (Lipinski definition) is 6. The van der Waals surface area contributed by atoms with Gasteiger partial charge in [-0.05, 0) is 66.4 Å². The monoisotopic (exact) mass is 708 g/mol. The molecule has 0 saturated carbocycles. The van der Waals surface area contributed by atoms with Gasteiger partial charge in [-0.3, -0.25) is 9.11 Å². The fourth-order valence-corrected chi connectivity index (χ4v) is 7.32. The van der Waals surface area contributed by atoms with E-state index in [-0.39, 0.29) is 32.8 Å². The molecule has 0 radical (unpaired) electrons. The van der Waals surface area contributed by atoms with Crippen LogP contribution >= 0.6 is 0 Å². The quantitative estimate of drug-likeness (QED) is 0.0500. The van der Waals surface area contributed by atoms with Crippen LogP contribution in [0.3, 0.4) is 0 Å². The summed E-state index contributed by atoms with van der Waals surface area (Å²) in [4.78, 5) is -1.42. The molecule has 0 amide bonds. The number of hydrazine groups is 1. The van der Waals surface area contributed by atoms with E-state index in [0.29, 0.717) is 30.0 Å². The molecule has 252 valence electrons. The number of aryl methyl sites for hydroxylation is 1. The zero-order valence-electron chi connectivity index (χ0n) is 25.5. The van der Waals surface area contributed by atoms with E-state index in [1.165, 1.54) is 29.6 Å².